The van der Waals surface area contributed by atoms with Crippen molar-refractivity contribution in [3.05, 3.63) is 69.9 Å². The van der Waals surface area contributed by atoms with E-state index in [2.05, 4.69) is 26.5 Å². The van der Waals surface area contributed by atoms with E-state index in [-0.39, 0.29) is 11.7 Å². The van der Waals surface area contributed by atoms with E-state index in [1.165, 1.54) is 18.3 Å². The number of amides is 1. The molecule has 3 nitrogen and oxygen atoms in total. The normalized spacial score (nSPS) is 10.6. The average molecular weight is 321 g/mol. The Kier molecular flexibility index (Phi) is 4.41. The van der Waals surface area contributed by atoms with Crippen LogP contribution in [-0.4, -0.2) is 12.1 Å². The molecule has 2 aromatic carbocycles. The lowest BCUT2D eigenvalue weighted by atomic mass is 10.2. The number of halogens is 2. The van der Waals surface area contributed by atoms with Crippen LogP contribution in [0.2, 0.25) is 0 Å². The third-order valence-corrected chi connectivity index (χ3v) is 2.81. The fraction of sp³-hybridized carbons (Fsp3) is 0. The van der Waals surface area contributed by atoms with Crippen LogP contribution in [0.3, 0.4) is 0 Å². The lowest BCUT2D eigenvalue weighted by Gasteiger charge is -2.00. The number of hydrazone groups is 1. The van der Waals surface area contributed by atoms with Crippen molar-refractivity contribution in [2.45, 2.75) is 0 Å². The molecular formula is C14H10BrFN2O. The van der Waals surface area contributed by atoms with E-state index in [0.717, 1.165) is 4.47 Å². The van der Waals surface area contributed by atoms with Crippen LogP contribution < -0.4 is 5.43 Å². The molecule has 0 spiro atoms. The number of benzene rings is 2. The molecule has 0 saturated carbocycles. The second kappa shape index (κ2) is 6.24. The van der Waals surface area contributed by atoms with Crippen LogP contribution in [0, 0.1) is 5.82 Å². The van der Waals surface area contributed by atoms with Gasteiger partial charge in [0.15, 0.2) is 0 Å². The zero-order chi connectivity index (χ0) is 13.7. The molecule has 0 aliphatic heterocycles. The van der Waals surface area contributed by atoms with Crippen molar-refractivity contribution in [2.75, 3.05) is 0 Å². The first kappa shape index (κ1) is 13.4. The van der Waals surface area contributed by atoms with Gasteiger partial charge in [-0.25, -0.2) is 9.82 Å². The molecule has 5 heteroatoms. The number of hydrogen-bond donors (Lipinski definition) is 1. The lowest BCUT2D eigenvalue weighted by Crippen LogP contribution is -2.17. The van der Waals surface area contributed by atoms with E-state index in [9.17, 15) is 9.18 Å². The minimum atomic E-state index is -0.345. The molecule has 0 heterocycles. The quantitative estimate of drug-likeness (QED) is 0.684. The minimum Gasteiger partial charge on any atom is -0.267 e. The highest BCUT2D eigenvalue weighted by atomic mass is 79.9. The second-order valence-electron chi connectivity index (χ2n) is 3.76. The molecule has 1 N–H and O–H groups in total. The van der Waals surface area contributed by atoms with Gasteiger partial charge in [0, 0.05) is 10.0 Å². The van der Waals surface area contributed by atoms with Crippen LogP contribution in [0.25, 0.3) is 0 Å². The van der Waals surface area contributed by atoms with Crippen LogP contribution in [0.15, 0.2) is 58.1 Å². The highest BCUT2D eigenvalue weighted by Gasteiger charge is 2.03. The Morgan fingerprint density at radius 2 is 2.00 bits per heavy atom. The molecule has 1 amide bonds. The van der Waals surface area contributed by atoms with Crippen molar-refractivity contribution >= 4 is 28.1 Å². The third kappa shape index (κ3) is 3.99. The molecule has 96 valence electrons. The van der Waals surface area contributed by atoms with Gasteiger partial charge in [-0.15, -0.1) is 0 Å². The molecule has 0 radical (unpaired) electrons. The fourth-order valence-corrected chi connectivity index (χ4v) is 1.85. The van der Waals surface area contributed by atoms with Gasteiger partial charge in [0.2, 0.25) is 0 Å². The zero-order valence-electron chi connectivity index (χ0n) is 9.81. The molecule has 0 unspecified atom stereocenters. The summed E-state index contributed by atoms with van der Waals surface area (Å²) < 4.78 is 13.7. The largest absolute Gasteiger partial charge is 0.271 e. The molecule has 19 heavy (non-hydrogen) atoms. The van der Waals surface area contributed by atoms with Gasteiger partial charge in [-0.05, 0) is 35.9 Å². The van der Waals surface area contributed by atoms with Crippen LogP contribution in [0.5, 0.6) is 0 Å². The molecule has 0 aliphatic carbocycles. The summed E-state index contributed by atoms with van der Waals surface area (Å²) in [5, 5.41) is 3.78. The predicted molar refractivity (Wildman–Crippen MR) is 75.6 cm³/mol. The molecule has 2 aromatic rings. The van der Waals surface area contributed by atoms with Gasteiger partial charge in [-0.3, -0.25) is 4.79 Å². The number of nitrogens with zero attached hydrogens (tertiary/aromatic N) is 1. The summed E-state index contributed by atoms with van der Waals surface area (Å²) in [7, 11) is 0. The van der Waals surface area contributed by atoms with Crippen molar-refractivity contribution in [3.63, 3.8) is 0 Å². The highest BCUT2D eigenvalue weighted by molar-refractivity contribution is 9.10. The van der Waals surface area contributed by atoms with E-state index in [4.69, 9.17) is 0 Å². The van der Waals surface area contributed by atoms with E-state index in [1.54, 1.807) is 30.3 Å². The average Bonchev–Trinajstić information content (AvgIpc) is 2.38. The number of carbonyl (C=O) groups is 1. The molecule has 0 fully saturated rings. The van der Waals surface area contributed by atoms with E-state index in [0.29, 0.717) is 11.1 Å². The van der Waals surface area contributed by atoms with Crippen LogP contribution in [-0.2, 0) is 0 Å². The number of nitrogens with one attached hydrogen (secondary N) is 1. The summed E-state index contributed by atoms with van der Waals surface area (Å²) in [6.07, 6.45) is 1.39. The van der Waals surface area contributed by atoms with Gasteiger partial charge in [0.25, 0.3) is 5.91 Å². The smallest absolute Gasteiger partial charge is 0.267 e. The maximum absolute atomic E-state index is 12.9. The Balaban J connectivity index is 2.01. The van der Waals surface area contributed by atoms with Crippen LogP contribution in [0.4, 0.5) is 4.39 Å². The Labute approximate surface area is 118 Å². The molecular weight excluding hydrogens is 311 g/mol. The summed E-state index contributed by atoms with van der Waals surface area (Å²) in [6, 6.07) is 12.9. The fourth-order valence-electron chi connectivity index (χ4n) is 1.45. The zero-order valence-corrected chi connectivity index (χ0v) is 11.4. The van der Waals surface area contributed by atoms with Crippen LogP contribution in [0.1, 0.15) is 15.9 Å². The minimum absolute atomic E-state index is 0.325. The summed E-state index contributed by atoms with van der Waals surface area (Å²) in [5.41, 5.74) is 3.45. The molecule has 2 rings (SSSR count). The van der Waals surface area contributed by atoms with E-state index in [1.807, 2.05) is 6.07 Å². The standard InChI is InChI=1S/C14H10BrFN2O/c15-12-5-2-4-11(8-12)14(19)18-17-9-10-3-1-6-13(16)7-10/h1-9H,(H,18,19)/b17-9+. The van der Waals surface area contributed by atoms with Crippen molar-refractivity contribution in [1.82, 2.24) is 5.43 Å². The Hall–Kier alpha value is -2.01. The van der Waals surface area contributed by atoms with Crippen molar-refractivity contribution in [2.24, 2.45) is 5.10 Å². The SMILES string of the molecule is O=C(N/N=C/c1cccc(F)c1)c1cccc(Br)c1. The highest BCUT2D eigenvalue weighted by Crippen LogP contribution is 2.11. The van der Waals surface area contributed by atoms with Gasteiger partial charge in [-0.2, -0.15) is 5.10 Å². The third-order valence-electron chi connectivity index (χ3n) is 2.32. The first-order valence-corrected chi connectivity index (χ1v) is 6.29. The number of hydrogen-bond acceptors (Lipinski definition) is 2. The Morgan fingerprint density at radius 1 is 1.21 bits per heavy atom. The summed E-state index contributed by atoms with van der Waals surface area (Å²) in [5.74, 6) is -0.670. The predicted octanol–water partition coefficient (Wildman–Crippen LogP) is 3.35. The summed E-state index contributed by atoms with van der Waals surface area (Å²) >= 11 is 3.28. The first-order valence-electron chi connectivity index (χ1n) is 5.50. The van der Waals surface area contributed by atoms with E-state index < -0.39 is 0 Å². The summed E-state index contributed by atoms with van der Waals surface area (Å²) in [6.45, 7) is 0. The molecule has 0 aliphatic rings. The Morgan fingerprint density at radius 3 is 2.74 bits per heavy atom. The lowest BCUT2D eigenvalue weighted by molar-refractivity contribution is 0.0955. The number of rotatable bonds is 3. The summed E-state index contributed by atoms with van der Waals surface area (Å²) in [4.78, 5) is 11.7. The Bertz CT molecular complexity index is 628. The monoisotopic (exact) mass is 320 g/mol. The van der Waals surface area contributed by atoms with Crippen molar-refractivity contribution < 1.29 is 9.18 Å². The van der Waals surface area contributed by atoms with Gasteiger partial charge in [0.05, 0.1) is 6.21 Å². The maximum atomic E-state index is 12.9. The molecule has 0 atom stereocenters. The van der Waals surface area contributed by atoms with Gasteiger partial charge < -0.3 is 0 Å². The van der Waals surface area contributed by atoms with Gasteiger partial charge >= 0.3 is 0 Å². The van der Waals surface area contributed by atoms with Crippen molar-refractivity contribution in [1.29, 1.82) is 0 Å². The van der Waals surface area contributed by atoms with Gasteiger partial charge in [-0.1, -0.05) is 34.1 Å². The molecule has 0 bridgehead atoms. The topological polar surface area (TPSA) is 41.5 Å². The maximum Gasteiger partial charge on any atom is 0.271 e. The van der Waals surface area contributed by atoms with E-state index >= 15 is 0 Å². The van der Waals surface area contributed by atoms with Crippen LogP contribution >= 0.6 is 15.9 Å². The van der Waals surface area contributed by atoms with Gasteiger partial charge in [0.1, 0.15) is 5.82 Å². The van der Waals surface area contributed by atoms with Crippen molar-refractivity contribution in [3.8, 4) is 0 Å². The molecule has 0 aromatic heterocycles. The first-order chi connectivity index (χ1) is 9.15. The number of carbonyl (C=O) groups excluding carboxylic acids is 1. The molecule has 0 saturated heterocycles. The second-order valence-corrected chi connectivity index (χ2v) is 4.68.